The maximum absolute atomic E-state index is 12.6. The SMILES string of the molecule is O=C(Nc1c(C(=O)NC2CCC(O)CC2)[nH]c(=O)[nH]c1=O)c1ccc(Cl)cc1. The molecule has 1 heterocycles. The van der Waals surface area contributed by atoms with Crippen LogP contribution in [0.4, 0.5) is 5.69 Å². The summed E-state index contributed by atoms with van der Waals surface area (Å²) in [7, 11) is 0. The molecule has 0 saturated heterocycles. The number of halogens is 1. The Morgan fingerprint density at radius 1 is 1.00 bits per heavy atom. The van der Waals surface area contributed by atoms with Crippen LogP contribution in [0, 0.1) is 0 Å². The van der Waals surface area contributed by atoms with Crippen LogP contribution >= 0.6 is 11.6 Å². The van der Waals surface area contributed by atoms with Crippen molar-refractivity contribution in [3.05, 3.63) is 61.4 Å². The van der Waals surface area contributed by atoms with Crippen LogP contribution < -0.4 is 21.9 Å². The number of carbonyl (C=O) groups excluding carboxylic acids is 2. The minimum absolute atomic E-state index is 0.196. The molecule has 148 valence electrons. The van der Waals surface area contributed by atoms with E-state index in [9.17, 15) is 24.3 Å². The second-order valence-corrected chi connectivity index (χ2v) is 7.03. The molecular formula is C18H19ClN4O5. The van der Waals surface area contributed by atoms with E-state index in [4.69, 9.17) is 11.6 Å². The first-order chi connectivity index (χ1) is 13.3. The van der Waals surface area contributed by atoms with Gasteiger partial charge in [0.2, 0.25) is 0 Å². The van der Waals surface area contributed by atoms with Crippen molar-refractivity contribution in [2.75, 3.05) is 5.32 Å². The molecular weight excluding hydrogens is 388 g/mol. The van der Waals surface area contributed by atoms with Gasteiger partial charge in [-0.1, -0.05) is 11.6 Å². The molecule has 1 aromatic heterocycles. The molecule has 3 rings (SSSR count). The predicted octanol–water partition coefficient (Wildman–Crippen LogP) is 1.00. The van der Waals surface area contributed by atoms with Crippen molar-refractivity contribution < 1.29 is 14.7 Å². The summed E-state index contributed by atoms with van der Waals surface area (Å²) < 4.78 is 0. The highest BCUT2D eigenvalue weighted by atomic mass is 35.5. The molecule has 0 atom stereocenters. The number of benzene rings is 1. The summed E-state index contributed by atoms with van der Waals surface area (Å²) in [6.07, 6.45) is 1.87. The van der Waals surface area contributed by atoms with E-state index in [0.717, 1.165) is 0 Å². The van der Waals surface area contributed by atoms with Crippen LogP contribution in [-0.2, 0) is 0 Å². The number of H-pyrrole nitrogens is 2. The molecule has 9 nitrogen and oxygen atoms in total. The molecule has 2 amide bonds. The van der Waals surface area contributed by atoms with Crippen LogP contribution in [0.25, 0.3) is 0 Å². The molecule has 2 aromatic rings. The highest BCUT2D eigenvalue weighted by molar-refractivity contribution is 6.30. The number of carbonyl (C=O) groups is 2. The van der Waals surface area contributed by atoms with E-state index < -0.39 is 23.1 Å². The average Bonchev–Trinajstić information content (AvgIpc) is 2.66. The molecule has 0 radical (unpaired) electrons. The summed E-state index contributed by atoms with van der Waals surface area (Å²) in [5.41, 5.74) is -2.22. The molecule has 1 aliphatic carbocycles. The zero-order valence-electron chi connectivity index (χ0n) is 14.8. The molecule has 28 heavy (non-hydrogen) atoms. The normalized spacial score (nSPS) is 19.1. The Morgan fingerprint density at radius 3 is 2.29 bits per heavy atom. The van der Waals surface area contributed by atoms with Crippen molar-refractivity contribution in [1.82, 2.24) is 15.3 Å². The fourth-order valence-electron chi connectivity index (χ4n) is 3.04. The van der Waals surface area contributed by atoms with E-state index in [1.807, 2.05) is 4.98 Å². The van der Waals surface area contributed by atoms with Crippen LogP contribution in [0.5, 0.6) is 0 Å². The fraction of sp³-hybridized carbons (Fsp3) is 0.333. The highest BCUT2D eigenvalue weighted by Gasteiger charge is 2.24. The lowest BCUT2D eigenvalue weighted by molar-refractivity contribution is 0.0863. The van der Waals surface area contributed by atoms with E-state index in [0.29, 0.717) is 30.7 Å². The molecule has 0 bridgehead atoms. The minimum atomic E-state index is -0.893. The number of aliphatic hydroxyl groups is 1. The molecule has 1 aliphatic rings. The molecule has 0 unspecified atom stereocenters. The molecule has 5 N–H and O–H groups in total. The second kappa shape index (κ2) is 8.41. The molecule has 1 aromatic carbocycles. The molecule has 1 saturated carbocycles. The number of rotatable bonds is 4. The van der Waals surface area contributed by atoms with Gasteiger partial charge in [0.25, 0.3) is 17.4 Å². The minimum Gasteiger partial charge on any atom is -0.393 e. The van der Waals surface area contributed by atoms with E-state index in [1.54, 1.807) is 0 Å². The van der Waals surface area contributed by atoms with Crippen molar-refractivity contribution in [3.63, 3.8) is 0 Å². The van der Waals surface area contributed by atoms with Gasteiger partial charge in [-0.15, -0.1) is 0 Å². The molecule has 0 spiro atoms. The highest BCUT2D eigenvalue weighted by Crippen LogP contribution is 2.19. The lowest BCUT2D eigenvalue weighted by Crippen LogP contribution is -2.41. The van der Waals surface area contributed by atoms with Crippen LogP contribution in [0.3, 0.4) is 0 Å². The zero-order valence-corrected chi connectivity index (χ0v) is 15.5. The average molecular weight is 407 g/mol. The van der Waals surface area contributed by atoms with E-state index in [-0.39, 0.29) is 29.1 Å². The Kier molecular flexibility index (Phi) is 5.96. The van der Waals surface area contributed by atoms with Gasteiger partial charge in [0.1, 0.15) is 11.4 Å². The van der Waals surface area contributed by atoms with Gasteiger partial charge in [-0.25, -0.2) is 4.79 Å². The van der Waals surface area contributed by atoms with Crippen LogP contribution in [0.15, 0.2) is 33.9 Å². The van der Waals surface area contributed by atoms with Gasteiger partial charge in [0.15, 0.2) is 0 Å². The number of anilines is 1. The third-order valence-corrected chi connectivity index (χ3v) is 4.80. The van der Waals surface area contributed by atoms with Gasteiger partial charge in [-0.2, -0.15) is 0 Å². The van der Waals surface area contributed by atoms with E-state index in [2.05, 4.69) is 15.6 Å². The maximum Gasteiger partial charge on any atom is 0.326 e. The van der Waals surface area contributed by atoms with Crippen LogP contribution in [-0.4, -0.2) is 39.0 Å². The lowest BCUT2D eigenvalue weighted by atomic mass is 9.93. The predicted molar refractivity (Wildman–Crippen MR) is 103 cm³/mol. The van der Waals surface area contributed by atoms with E-state index in [1.165, 1.54) is 24.3 Å². The lowest BCUT2D eigenvalue weighted by Gasteiger charge is -2.26. The van der Waals surface area contributed by atoms with Gasteiger partial charge >= 0.3 is 5.69 Å². The van der Waals surface area contributed by atoms with Crippen molar-refractivity contribution in [2.24, 2.45) is 0 Å². The Labute approximate surface area is 164 Å². The van der Waals surface area contributed by atoms with Gasteiger partial charge in [0.05, 0.1) is 6.10 Å². The maximum atomic E-state index is 12.6. The Bertz CT molecular complexity index is 990. The second-order valence-electron chi connectivity index (χ2n) is 6.60. The molecule has 0 aliphatic heterocycles. The first-order valence-corrected chi connectivity index (χ1v) is 9.13. The first kappa shape index (κ1) is 19.8. The van der Waals surface area contributed by atoms with Crippen molar-refractivity contribution in [2.45, 2.75) is 37.8 Å². The molecule has 10 heteroatoms. The first-order valence-electron chi connectivity index (χ1n) is 8.76. The largest absolute Gasteiger partial charge is 0.393 e. The van der Waals surface area contributed by atoms with Gasteiger partial charge < -0.3 is 20.7 Å². The smallest absolute Gasteiger partial charge is 0.326 e. The summed E-state index contributed by atoms with van der Waals surface area (Å²) in [4.78, 5) is 53.1. The summed E-state index contributed by atoms with van der Waals surface area (Å²) in [5.74, 6) is -1.32. The van der Waals surface area contributed by atoms with Gasteiger partial charge in [-0.05, 0) is 49.9 Å². The standard InChI is InChI=1S/C18H19ClN4O5/c19-10-3-1-9(2-4-10)15(25)21-13-14(22-18(28)23-17(13)27)16(26)20-11-5-7-12(24)8-6-11/h1-4,11-12,24H,5-8H2,(H,20,26)(H,21,25)(H2,22,23,27,28). The van der Waals surface area contributed by atoms with Crippen molar-refractivity contribution in [3.8, 4) is 0 Å². The monoisotopic (exact) mass is 406 g/mol. The summed E-state index contributed by atoms with van der Waals surface area (Å²) in [6.45, 7) is 0. The summed E-state index contributed by atoms with van der Waals surface area (Å²) in [5, 5.41) is 15.1. The Hall–Kier alpha value is -2.91. The van der Waals surface area contributed by atoms with Crippen molar-refractivity contribution in [1.29, 1.82) is 0 Å². The third-order valence-electron chi connectivity index (χ3n) is 4.55. The Balaban J connectivity index is 1.84. The van der Waals surface area contributed by atoms with E-state index >= 15 is 0 Å². The van der Waals surface area contributed by atoms with Gasteiger partial charge in [0, 0.05) is 16.6 Å². The Morgan fingerprint density at radius 2 is 1.64 bits per heavy atom. The number of aromatic amines is 2. The summed E-state index contributed by atoms with van der Waals surface area (Å²) in [6, 6.07) is 5.76. The number of aliphatic hydroxyl groups excluding tert-OH is 1. The number of hydrogen-bond acceptors (Lipinski definition) is 5. The van der Waals surface area contributed by atoms with Crippen molar-refractivity contribution >= 4 is 29.1 Å². The van der Waals surface area contributed by atoms with Crippen LogP contribution in [0.2, 0.25) is 5.02 Å². The fourth-order valence-corrected chi connectivity index (χ4v) is 3.17. The van der Waals surface area contributed by atoms with Gasteiger partial charge in [-0.3, -0.25) is 19.4 Å². The summed E-state index contributed by atoms with van der Waals surface area (Å²) >= 11 is 5.79. The number of hydrogen-bond donors (Lipinski definition) is 5. The quantitative estimate of drug-likeness (QED) is 0.514. The topological polar surface area (TPSA) is 144 Å². The molecule has 1 fully saturated rings. The number of amides is 2. The van der Waals surface area contributed by atoms with Crippen LogP contribution in [0.1, 0.15) is 46.5 Å². The third kappa shape index (κ3) is 4.68. The number of nitrogens with one attached hydrogen (secondary N) is 4. The zero-order chi connectivity index (χ0) is 20.3. The number of aromatic nitrogens is 2.